The van der Waals surface area contributed by atoms with Gasteiger partial charge in [-0.1, -0.05) is 11.6 Å². The second kappa shape index (κ2) is 5.54. The average Bonchev–Trinajstić information content (AvgIpc) is 2.26. The molecule has 0 aromatic carbocycles. The van der Waals surface area contributed by atoms with Gasteiger partial charge in [0.05, 0.1) is 17.2 Å². The first-order chi connectivity index (χ1) is 8.63. The maximum absolute atomic E-state index is 11.0. The summed E-state index contributed by atoms with van der Waals surface area (Å²) in [7, 11) is 0. The Hall–Kier alpha value is -1.33. The molecular formula is C12H15ClN2O3. The fourth-order valence-corrected chi connectivity index (χ4v) is 2.22. The predicted molar refractivity (Wildman–Crippen MR) is 68.3 cm³/mol. The molecule has 18 heavy (non-hydrogen) atoms. The van der Waals surface area contributed by atoms with Gasteiger partial charge in [-0.2, -0.15) is 0 Å². The molecule has 0 bridgehead atoms. The summed E-state index contributed by atoms with van der Waals surface area (Å²) in [5.41, 5.74) is 0.0453. The highest BCUT2D eigenvalue weighted by molar-refractivity contribution is 6.33. The zero-order chi connectivity index (χ0) is 13.1. The third-order valence-electron chi connectivity index (χ3n) is 3.22. The smallest absolute Gasteiger partial charge is 0.337 e. The van der Waals surface area contributed by atoms with E-state index in [0.717, 1.165) is 19.3 Å². The van der Waals surface area contributed by atoms with Crippen LogP contribution in [0.25, 0.3) is 0 Å². The number of aromatic carboxylic acids is 1. The summed E-state index contributed by atoms with van der Waals surface area (Å²) in [6.45, 7) is 0.474. The lowest BCUT2D eigenvalue weighted by Gasteiger charge is -2.38. The zero-order valence-electron chi connectivity index (χ0n) is 9.84. The van der Waals surface area contributed by atoms with E-state index in [9.17, 15) is 4.79 Å². The number of carboxylic acids is 1. The lowest BCUT2D eigenvalue weighted by Crippen LogP contribution is -2.42. The van der Waals surface area contributed by atoms with Crippen LogP contribution in [0.5, 0.6) is 0 Å². The Balaban J connectivity index is 2.29. The van der Waals surface area contributed by atoms with Crippen molar-refractivity contribution in [3.8, 4) is 0 Å². The minimum absolute atomic E-state index is 0.0171. The molecule has 2 N–H and O–H groups in total. The molecule has 0 amide bonds. The minimum atomic E-state index is -1.07. The maximum Gasteiger partial charge on any atom is 0.337 e. The second-order valence-corrected chi connectivity index (χ2v) is 4.74. The lowest BCUT2D eigenvalue weighted by atomic mass is 9.91. The van der Waals surface area contributed by atoms with Crippen molar-refractivity contribution in [2.75, 3.05) is 18.1 Å². The number of nitrogens with zero attached hydrogens (tertiary/aromatic N) is 2. The van der Waals surface area contributed by atoms with Crippen molar-refractivity contribution in [2.24, 2.45) is 0 Å². The van der Waals surface area contributed by atoms with Gasteiger partial charge in [-0.25, -0.2) is 9.78 Å². The Morgan fingerprint density at radius 1 is 1.56 bits per heavy atom. The Morgan fingerprint density at radius 2 is 2.28 bits per heavy atom. The molecule has 6 heteroatoms. The van der Waals surface area contributed by atoms with Gasteiger partial charge < -0.3 is 15.1 Å². The number of carboxylic acid groups (broad SMARTS) is 1. The van der Waals surface area contributed by atoms with Gasteiger partial charge in [-0.3, -0.25) is 0 Å². The molecule has 1 heterocycles. The van der Waals surface area contributed by atoms with Gasteiger partial charge >= 0.3 is 5.97 Å². The van der Waals surface area contributed by atoms with Crippen LogP contribution in [0.15, 0.2) is 12.3 Å². The molecule has 2 rings (SSSR count). The fourth-order valence-electron chi connectivity index (χ4n) is 2.04. The van der Waals surface area contributed by atoms with Crippen LogP contribution in [0.3, 0.4) is 0 Å². The molecule has 0 aliphatic heterocycles. The van der Waals surface area contributed by atoms with Crippen LogP contribution in [0.2, 0.25) is 5.02 Å². The molecular weight excluding hydrogens is 256 g/mol. The van der Waals surface area contributed by atoms with Gasteiger partial charge in [0.25, 0.3) is 0 Å². The molecule has 0 radical (unpaired) electrons. The van der Waals surface area contributed by atoms with Crippen molar-refractivity contribution < 1.29 is 15.0 Å². The molecule has 0 saturated heterocycles. The van der Waals surface area contributed by atoms with E-state index in [1.54, 1.807) is 0 Å². The molecule has 1 aromatic heterocycles. The molecule has 1 saturated carbocycles. The highest BCUT2D eigenvalue weighted by atomic mass is 35.5. The average molecular weight is 271 g/mol. The Kier molecular flexibility index (Phi) is 4.04. The lowest BCUT2D eigenvalue weighted by molar-refractivity contribution is 0.0697. The first-order valence-electron chi connectivity index (χ1n) is 5.90. The van der Waals surface area contributed by atoms with Gasteiger partial charge in [0.15, 0.2) is 0 Å². The molecule has 0 spiro atoms. The largest absolute Gasteiger partial charge is 0.478 e. The van der Waals surface area contributed by atoms with Crippen LogP contribution in [-0.4, -0.2) is 40.4 Å². The molecule has 98 valence electrons. The molecule has 0 atom stereocenters. The van der Waals surface area contributed by atoms with Gasteiger partial charge in [-0.15, -0.1) is 0 Å². The van der Waals surface area contributed by atoms with Gasteiger partial charge in [0.1, 0.15) is 5.82 Å². The predicted octanol–water partition coefficient (Wildman–Crippen LogP) is 1.78. The van der Waals surface area contributed by atoms with E-state index in [4.69, 9.17) is 21.8 Å². The number of halogens is 1. The summed E-state index contributed by atoms with van der Waals surface area (Å²) in [6, 6.07) is 1.81. The second-order valence-electron chi connectivity index (χ2n) is 4.33. The number of aliphatic hydroxyl groups is 1. The number of rotatable bonds is 5. The number of carbonyl (C=O) groups is 1. The van der Waals surface area contributed by atoms with Gasteiger partial charge in [-0.05, 0) is 25.3 Å². The van der Waals surface area contributed by atoms with E-state index in [1.165, 1.54) is 12.3 Å². The van der Waals surface area contributed by atoms with Crippen LogP contribution in [0.1, 0.15) is 29.6 Å². The number of aromatic nitrogens is 1. The molecule has 1 aromatic rings. The number of anilines is 1. The Morgan fingerprint density at radius 3 is 2.78 bits per heavy atom. The summed E-state index contributed by atoms with van der Waals surface area (Å²) >= 11 is 5.79. The third-order valence-corrected chi connectivity index (χ3v) is 3.52. The van der Waals surface area contributed by atoms with E-state index in [-0.39, 0.29) is 17.2 Å². The number of hydrogen-bond acceptors (Lipinski definition) is 4. The van der Waals surface area contributed by atoms with E-state index in [0.29, 0.717) is 18.4 Å². The van der Waals surface area contributed by atoms with Crippen molar-refractivity contribution in [1.82, 2.24) is 4.98 Å². The molecule has 0 unspecified atom stereocenters. The maximum atomic E-state index is 11.0. The van der Waals surface area contributed by atoms with E-state index in [2.05, 4.69) is 4.98 Å². The standard InChI is InChI=1S/C12H15ClN2O3/c13-10-7-14-11(6-9(10)12(17)18)15(4-5-16)8-2-1-3-8/h6-8,16H,1-5H2,(H,17,18). The van der Waals surface area contributed by atoms with Crippen molar-refractivity contribution in [1.29, 1.82) is 0 Å². The van der Waals surface area contributed by atoms with E-state index < -0.39 is 5.97 Å². The van der Waals surface area contributed by atoms with Crippen molar-refractivity contribution in [3.63, 3.8) is 0 Å². The monoisotopic (exact) mass is 270 g/mol. The van der Waals surface area contributed by atoms with Crippen LogP contribution >= 0.6 is 11.6 Å². The van der Waals surface area contributed by atoms with Crippen molar-refractivity contribution >= 4 is 23.4 Å². The third kappa shape index (κ3) is 2.57. The number of aliphatic hydroxyl groups excluding tert-OH is 1. The number of pyridine rings is 1. The van der Waals surface area contributed by atoms with Crippen LogP contribution < -0.4 is 4.90 Å². The quantitative estimate of drug-likeness (QED) is 0.853. The van der Waals surface area contributed by atoms with Crippen LogP contribution in [-0.2, 0) is 0 Å². The summed E-state index contributed by atoms with van der Waals surface area (Å²) in [6.07, 6.45) is 4.61. The normalized spacial score (nSPS) is 15.2. The van der Waals surface area contributed by atoms with Crippen molar-refractivity contribution in [3.05, 3.63) is 22.8 Å². The Labute approximate surface area is 110 Å². The van der Waals surface area contributed by atoms with Crippen molar-refractivity contribution in [2.45, 2.75) is 25.3 Å². The summed E-state index contributed by atoms with van der Waals surface area (Å²) in [5, 5.41) is 18.2. The van der Waals surface area contributed by atoms with Gasteiger partial charge in [0.2, 0.25) is 0 Å². The summed E-state index contributed by atoms with van der Waals surface area (Å²) in [4.78, 5) is 17.1. The highest BCUT2D eigenvalue weighted by Gasteiger charge is 2.26. The molecule has 5 nitrogen and oxygen atoms in total. The molecule has 1 aliphatic carbocycles. The number of hydrogen-bond donors (Lipinski definition) is 2. The highest BCUT2D eigenvalue weighted by Crippen LogP contribution is 2.29. The van der Waals surface area contributed by atoms with Crippen LogP contribution in [0, 0.1) is 0 Å². The van der Waals surface area contributed by atoms with Gasteiger partial charge in [0, 0.05) is 18.8 Å². The SMILES string of the molecule is O=C(O)c1cc(N(CCO)C2CCC2)ncc1Cl. The minimum Gasteiger partial charge on any atom is -0.478 e. The first-order valence-corrected chi connectivity index (χ1v) is 6.27. The molecule has 1 aliphatic rings. The topological polar surface area (TPSA) is 73.7 Å². The van der Waals surface area contributed by atoms with Crippen LogP contribution in [0.4, 0.5) is 5.82 Å². The zero-order valence-corrected chi connectivity index (χ0v) is 10.6. The van der Waals surface area contributed by atoms with E-state index >= 15 is 0 Å². The molecule has 1 fully saturated rings. The first kappa shape index (κ1) is 13.1. The summed E-state index contributed by atoms with van der Waals surface area (Å²) in [5.74, 6) is -0.503. The Bertz CT molecular complexity index is 449. The fraction of sp³-hybridized carbons (Fsp3) is 0.500. The van der Waals surface area contributed by atoms with E-state index in [1.807, 2.05) is 4.90 Å². The summed E-state index contributed by atoms with van der Waals surface area (Å²) < 4.78 is 0.